The fourth-order valence-electron chi connectivity index (χ4n) is 2.08. The van der Waals surface area contributed by atoms with Crippen LogP contribution in [-0.2, 0) is 55.5 Å². The van der Waals surface area contributed by atoms with E-state index in [0.717, 1.165) is 7.11 Å². The molecule has 0 bridgehead atoms. The Morgan fingerprint density at radius 2 is 1.47 bits per heavy atom. The third-order valence-corrected chi connectivity index (χ3v) is 7.29. The van der Waals surface area contributed by atoms with Crippen molar-refractivity contribution in [3.05, 3.63) is 50.6 Å². The topological polar surface area (TPSA) is 142 Å². The lowest BCUT2D eigenvalue weighted by Crippen LogP contribution is -2.34. The minimum absolute atomic E-state index is 0.233. The molecule has 1 rings (SSSR count). The Labute approximate surface area is 186 Å². The lowest BCUT2D eigenvalue weighted by Gasteiger charge is -2.24. The highest BCUT2D eigenvalue weighted by atomic mass is 31.2. The van der Waals surface area contributed by atoms with Crippen molar-refractivity contribution in [2.75, 3.05) is 33.5 Å². The van der Waals surface area contributed by atoms with Gasteiger partial charge in [0.25, 0.3) is 5.85 Å². The maximum Gasteiger partial charge on any atom is 0.793 e. The molecule has 0 N–H and O–H groups in total. The predicted molar refractivity (Wildman–Crippen MR) is 113 cm³/mol. The van der Waals surface area contributed by atoms with Gasteiger partial charge in [-0.15, -0.1) is 26.3 Å². The van der Waals surface area contributed by atoms with E-state index in [4.69, 9.17) is 36.8 Å². The number of carbonyl (C=O) groups is 2. The lowest BCUT2D eigenvalue weighted by molar-refractivity contribution is -0.145. The highest BCUT2D eigenvalue weighted by Gasteiger charge is 2.57. The van der Waals surface area contributed by atoms with Gasteiger partial charge in [0, 0.05) is 7.11 Å². The summed E-state index contributed by atoms with van der Waals surface area (Å²) in [5.74, 6) is -6.22. The van der Waals surface area contributed by atoms with E-state index in [0.29, 0.717) is 0 Å². The summed E-state index contributed by atoms with van der Waals surface area (Å²) in [6, 6.07) is 0. The molecule has 178 valence electrons. The summed E-state index contributed by atoms with van der Waals surface area (Å²) in [6.45, 7) is 12.7. The van der Waals surface area contributed by atoms with E-state index in [1.165, 1.54) is 24.3 Å². The zero-order valence-corrected chi connectivity index (χ0v) is 19.3. The molecule has 1 aliphatic rings. The van der Waals surface area contributed by atoms with Gasteiger partial charge >= 0.3 is 34.5 Å². The second kappa shape index (κ2) is 13.7. The third kappa shape index (κ3) is 7.65. The van der Waals surface area contributed by atoms with E-state index in [1.54, 1.807) is 0 Å². The van der Waals surface area contributed by atoms with Crippen LogP contribution in [0.25, 0.3) is 0 Å². The van der Waals surface area contributed by atoms with Gasteiger partial charge in [-0.25, -0.2) is 0 Å². The summed E-state index contributed by atoms with van der Waals surface area (Å²) in [7, 11) is -9.35. The molecule has 0 amide bonds. The van der Waals surface area contributed by atoms with Gasteiger partial charge in [-0.05, 0) is 0 Å². The first kappa shape index (κ1) is 28.2. The Hall–Kier alpha value is -1.82. The minimum Gasteiger partial charge on any atom is -0.471 e. The van der Waals surface area contributed by atoms with E-state index in [9.17, 15) is 18.7 Å². The van der Waals surface area contributed by atoms with Crippen LogP contribution < -0.4 is 0 Å². The molecule has 1 saturated heterocycles. The van der Waals surface area contributed by atoms with Gasteiger partial charge in [0.15, 0.2) is 0 Å². The third-order valence-electron chi connectivity index (χ3n) is 3.36. The minimum atomic E-state index is -4.23. The standard InChI is InChI=1S/C17H25BO12P2/c1-6-10-24-31(21,25-11-7-2)16(23-5)14(19)28-18-29-15(20)17(30-18)32(22,26-12-8-3)27-13-9-4/h6-9,16-17H,1-4,10-13H2,5H3. The van der Waals surface area contributed by atoms with Crippen LogP contribution in [0.5, 0.6) is 0 Å². The monoisotopic (exact) mass is 494 g/mol. The second-order valence-electron chi connectivity index (χ2n) is 5.66. The number of carbonyl (C=O) groups excluding carboxylic acids is 2. The lowest BCUT2D eigenvalue weighted by atomic mass is 10.2. The first-order chi connectivity index (χ1) is 15.2. The molecule has 1 fully saturated rings. The smallest absolute Gasteiger partial charge is 0.471 e. The Morgan fingerprint density at radius 3 is 1.91 bits per heavy atom. The van der Waals surface area contributed by atoms with Gasteiger partial charge in [-0.1, -0.05) is 24.3 Å². The molecular formula is C17H25BO12P2. The molecule has 0 aliphatic carbocycles. The normalized spacial score (nSPS) is 17.3. The summed E-state index contributed by atoms with van der Waals surface area (Å²) < 4.78 is 66.0. The molecule has 15 heteroatoms. The van der Waals surface area contributed by atoms with Crippen molar-refractivity contribution in [2.45, 2.75) is 11.7 Å². The van der Waals surface area contributed by atoms with E-state index in [-0.39, 0.29) is 26.4 Å². The van der Waals surface area contributed by atoms with Gasteiger partial charge in [0.1, 0.15) is 0 Å². The summed E-state index contributed by atoms with van der Waals surface area (Å²) in [4.78, 5) is 24.7. The quantitative estimate of drug-likeness (QED) is 0.167. The van der Waals surface area contributed by atoms with E-state index in [2.05, 4.69) is 26.3 Å². The van der Waals surface area contributed by atoms with Gasteiger partial charge in [0.2, 0.25) is 5.85 Å². The Morgan fingerprint density at radius 1 is 1.00 bits per heavy atom. The van der Waals surface area contributed by atoms with Crippen LogP contribution >= 0.6 is 15.2 Å². The number of ether oxygens (including phenoxy) is 1. The molecule has 2 unspecified atom stereocenters. The fourth-order valence-corrected chi connectivity index (χ4v) is 5.16. The number of rotatable bonds is 17. The van der Waals surface area contributed by atoms with Gasteiger partial charge in [0.05, 0.1) is 26.4 Å². The van der Waals surface area contributed by atoms with Crippen LogP contribution in [-0.4, -0.2) is 64.5 Å². The SMILES string of the molecule is C=CCOP(=O)(OCC=C)C(OC)C(=O)OB1OC(=O)C(P(=O)(OCC=C)OCC=C)O1. The maximum atomic E-state index is 13.0. The molecule has 12 nitrogen and oxygen atoms in total. The Kier molecular flexibility index (Phi) is 12.1. The summed E-state index contributed by atoms with van der Waals surface area (Å²) in [5.41, 5.74) is 0. The zero-order chi connectivity index (χ0) is 24.2. The molecule has 0 aromatic carbocycles. The molecule has 0 aromatic heterocycles. The van der Waals surface area contributed by atoms with Crippen molar-refractivity contribution in [1.82, 2.24) is 0 Å². The fraction of sp³-hybridized carbons (Fsp3) is 0.412. The molecule has 0 spiro atoms. The summed E-state index contributed by atoms with van der Waals surface area (Å²) in [5, 5.41) is 0. The Bertz CT molecular complexity index is 768. The number of methoxy groups -OCH3 is 1. The van der Waals surface area contributed by atoms with Crippen LogP contribution in [0.15, 0.2) is 50.6 Å². The zero-order valence-electron chi connectivity index (χ0n) is 17.5. The van der Waals surface area contributed by atoms with Crippen LogP contribution in [0.3, 0.4) is 0 Å². The van der Waals surface area contributed by atoms with Crippen molar-refractivity contribution in [1.29, 1.82) is 0 Å². The average Bonchev–Trinajstić information content (AvgIpc) is 3.14. The molecule has 1 heterocycles. The van der Waals surface area contributed by atoms with Gasteiger partial charge in [-0.2, -0.15) is 0 Å². The largest absolute Gasteiger partial charge is 0.793 e. The van der Waals surface area contributed by atoms with Crippen molar-refractivity contribution in [3.8, 4) is 0 Å². The highest BCUT2D eigenvalue weighted by molar-refractivity contribution is 7.56. The molecule has 32 heavy (non-hydrogen) atoms. The van der Waals surface area contributed by atoms with Crippen molar-refractivity contribution in [2.24, 2.45) is 0 Å². The molecule has 0 aromatic rings. The summed E-state index contributed by atoms with van der Waals surface area (Å²) in [6.07, 6.45) is 5.10. The second-order valence-corrected chi connectivity index (χ2v) is 9.79. The average molecular weight is 494 g/mol. The Balaban J connectivity index is 2.98. The van der Waals surface area contributed by atoms with Crippen molar-refractivity contribution >= 4 is 34.5 Å². The molecule has 1 aliphatic heterocycles. The molecular weight excluding hydrogens is 469 g/mol. The van der Waals surface area contributed by atoms with Crippen molar-refractivity contribution < 1.29 is 55.5 Å². The molecule has 0 saturated carbocycles. The highest BCUT2D eigenvalue weighted by Crippen LogP contribution is 2.56. The maximum absolute atomic E-state index is 13.0. The summed E-state index contributed by atoms with van der Waals surface area (Å²) >= 11 is 0. The predicted octanol–water partition coefficient (Wildman–Crippen LogP) is 2.58. The van der Waals surface area contributed by atoms with Crippen LogP contribution in [0.2, 0.25) is 0 Å². The van der Waals surface area contributed by atoms with E-state index >= 15 is 0 Å². The first-order valence-electron chi connectivity index (χ1n) is 9.01. The molecule has 0 radical (unpaired) electrons. The van der Waals surface area contributed by atoms with Crippen LogP contribution in [0, 0.1) is 0 Å². The van der Waals surface area contributed by atoms with Crippen molar-refractivity contribution in [3.63, 3.8) is 0 Å². The van der Waals surface area contributed by atoms with E-state index in [1.807, 2.05) is 0 Å². The van der Waals surface area contributed by atoms with E-state index < -0.39 is 46.1 Å². The van der Waals surface area contributed by atoms with Crippen LogP contribution in [0.4, 0.5) is 0 Å². The number of hydrogen-bond acceptors (Lipinski definition) is 12. The van der Waals surface area contributed by atoms with Gasteiger partial charge < -0.3 is 36.8 Å². The van der Waals surface area contributed by atoms with Gasteiger partial charge in [-0.3, -0.25) is 18.7 Å². The number of hydrogen-bond donors (Lipinski definition) is 0. The first-order valence-corrected chi connectivity index (χ1v) is 12.2. The van der Waals surface area contributed by atoms with Crippen LogP contribution in [0.1, 0.15) is 0 Å². The molecule has 2 atom stereocenters.